The molecule has 1 unspecified atom stereocenters. The number of fused-ring (bicyclic) bond motifs is 1. The molecule has 2 aliphatic rings. The van der Waals surface area contributed by atoms with Gasteiger partial charge in [-0.25, -0.2) is 0 Å². The van der Waals surface area contributed by atoms with Crippen molar-refractivity contribution in [3.8, 4) is 0 Å². The maximum atomic E-state index is 13.1. The monoisotopic (exact) mass is 328 g/mol. The quantitative estimate of drug-likeness (QED) is 0.873. The Bertz CT molecular complexity index is 774. The van der Waals surface area contributed by atoms with Crippen molar-refractivity contribution in [1.82, 2.24) is 9.80 Å². The SMILES string of the molecule is Cc1ccc2oc(C(=O)N3CC(O)CC34CCN(C)CC4)cc2c1. The second-order valence-electron chi connectivity index (χ2n) is 7.45. The summed E-state index contributed by atoms with van der Waals surface area (Å²) < 4.78 is 5.80. The highest BCUT2D eigenvalue weighted by atomic mass is 16.3. The van der Waals surface area contributed by atoms with Crippen molar-refractivity contribution in [2.75, 3.05) is 26.7 Å². The molecule has 2 aliphatic heterocycles. The van der Waals surface area contributed by atoms with E-state index in [-0.39, 0.29) is 11.4 Å². The summed E-state index contributed by atoms with van der Waals surface area (Å²) in [5.74, 6) is 0.285. The molecule has 3 heterocycles. The number of amides is 1. The third-order valence-electron chi connectivity index (χ3n) is 5.63. The van der Waals surface area contributed by atoms with Crippen molar-refractivity contribution >= 4 is 16.9 Å². The number of likely N-dealkylation sites (tertiary alicyclic amines) is 2. The number of aliphatic hydroxyl groups excluding tert-OH is 1. The van der Waals surface area contributed by atoms with Crippen LogP contribution in [-0.2, 0) is 0 Å². The molecule has 24 heavy (non-hydrogen) atoms. The van der Waals surface area contributed by atoms with Crippen LogP contribution in [0, 0.1) is 6.92 Å². The Morgan fingerprint density at radius 1 is 1.29 bits per heavy atom. The van der Waals surface area contributed by atoms with E-state index in [0.717, 1.165) is 42.5 Å². The highest BCUT2D eigenvalue weighted by Crippen LogP contribution is 2.39. The summed E-state index contributed by atoms with van der Waals surface area (Å²) in [6.45, 7) is 4.34. The van der Waals surface area contributed by atoms with Gasteiger partial charge >= 0.3 is 0 Å². The predicted molar refractivity (Wildman–Crippen MR) is 92.1 cm³/mol. The molecule has 2 fully saturated rings. The summed E-state index contributed by atoms with van der Waals surface area (Å²) in [5.41, 5.74) is 1.66. The second-order valence-corrected chi connectivity index (χ2v) is 7.45. The largest absolute Gasteiger partial charge is 0.451 e. The lowest BCUT2D eigenvalue weighted by molar-refractivity contribution is 0.0383. The summed E-state index contributed by atoms with van der Waals surface area (Å²) in [6, 6.07) is 7.75. The number of rotatable bonds is 1. The molecule has 0 radical (unpaired) electrons. The van der Waals surface area contributed by atoms with Crippen molar-refractivity contribution < 1.29 is 14.3 Å². The molecular formula is C19H24N2O3. The molecule has 2 saturated heterocycles. The number of aliphatic hydroxyl groups is 1. The molecule has 128 valence electrons. The van der Waals surface area contributed by atoms with E-state index in [1.807, 2.05) is 36.1 Å². The normalized spacial score (nSPS) is 24.1. The summed E-state index contributed by atoms with van der Waals surface area (Å²) in [6.07, 6.45) is 2.05. The molecule has 0 saturated carbocycles. The number of carbonyl (C=O) groups excluding carboxylic acids is 1. The molecule has 1 aromatic heterocycles. The fraction of sp³-hybridized carbons (Fsp3) is 0.526. The molecule has 2 aromatic rings. The Balaban J connectivity index is 1.66. The molecule has 1 spiro atoms. The number of piperidine rings is 1. The van der Waals surface area contributed by atoms with E-state index in [0.29, 0.717) is 18.7 Å². The number of hydrogen-bond acceptors (Lipinski definition) is 4. The van der Waals surface area contributed by atoms with Gasteiger partial charge in [-0.15, -0.1) is 0 Å². The average molecular weight is 328 g/mol. The molecule has 1 N–H and O–H groups in total. The maximum Gasteiger partial charge on any atom is 0.290 e. The van der Waals surface area contributed by atoms with Gasteiger partial charge in [-0.05, 0) is 51.4 Å². The second kappa shape index (κ2) is 5.60. The Kier molecular flexibility index (Phi) is 3.66. The van der Waals surface area contributed by atoms with Gasteiger partial charge in [0.05, 0.1) is 6.10 Å². The summed E-state index contributed by atoms with van der Waals surface area (Å²) in [4.78, 5) is 17.3. The molecular weight excluding hydrogens is 304 g/mol. The molecule has 1 atom stereocenters. The first-order valence-corrected chi connectivity index (χ1v) is 8.66. The molecule has 1 aromatic carbocycles. The van der Waals surface area contributed by atoms with Crippen molar-refractivity contribution in [3.63, 3.8) is 0 Å². The zero-order valence-corrected chi connectivity index (χ0v) is 14.3. The number of hydrogen-bond donors (Lipinski definition) is 1. The topological polar surface area (TPSA) is 56.9 Å². The van der Waals surface area contributed by atoms with Crippen molar-refractivity contribution in [2.45, 2.75) is 37.8 Å². The lowest BCUT2D eigenvalue weighted by atomic mass is 9.84. The molecule has 5 heteroatoms. The fourth-order valence-electron chi connectivity index (χ4n) is 4.23. The minimum absolute atomic E-state index is 0.0926. The van der Waals surface area contributed by atoms with Crippen LogP contribution < -0.4 is 0 Å². The first-order chi connectivity index (χ1) is 11.5. The average Bonchev–Trinajstić information content (AvgIpc) is 3.10. The van der Waals surface area contributed by atoms with E-state index >= 15 is 0 Å². The summed E-state index contributed by atoms with van der Waals surface area (Å²) in [7, 11) is 2.10. The van der Waals surface area contributed by atoms with Crippen molar-refractivity contribution in [2.24, 2.45) is 0 Å². The fourth-order valence-corrected chi connectivity index (χ4v) is 4.23. The lowest BCUT2D eigenvalue weighted by Crippen LogP contribution is -2.53. The predicted octanol–water partition coefficient (Wildman–Crippen LogP) is 2.41. The van der Waals surface area contributed by atoms with Gasteiger partial charge in [0.1, 0.15) is 5.58 Å². The van der Waals surface area contributed by atoms with Gasteiger partial charge in [-0.1, -0.05) is 11.6 Å². The lowest BCUT2D eigenvalue weighted by Gasteiger charge is -2.43. The Morgan fingerprint density at radius 3 is 2.79 bits per heavy atom. The van der Waals surface area contributed by atoms with Gasteiger partial charge < -0.3 is 19.3 Å². The Hall–Kier alpha value is -1.85. The summed E-state index contributed by atoms with van der Waals surface area (Å²) >= 11 is 0. The molecule has 4 rings (SSSR count). The van der Waals surface area contributed by atoms with E-state index in [2.05, 4.69) is 11.9 Å². The Labute approximate surface area is 141 Å². The molecule has 5 nitrogen and oxygen atoms in total. The smallest absolute Gasteiger partial charge is 0.290 e. The van der Waals surface area contributed by atoms with Crippen molar-refractivity contribution in [1.29, 1.82) is 0 Å². The van der Waals surface area contributed by atoms with Crippen LogP contribution in [0.5, 0.6) is 0 Å². The van der Waals surface area contributed by atoms with Crippen molar-refractivity contribution in [3.05, 3.63) is 35.6 Å². The minimum atomic E-state index is -0.441. The van der Waals surface area contributed by atoms with E-state index in [4.69, 9.17) is 4.42 Å². The number of aryl methyl sites for hydroxylation is 1. The highest BCUT2D eigenvalue weighted by molar-refractivity contribution is 5.96. The van der Waals surface area contributed by atoms with Gasteiger partial charge in [-0.3, -0.25) is 4.79 Å². The first kappa shape index (κ1) is 15.7. The number of β-amino-alcohol motifs (C(OH)–C–C–N with tert-alkyl or cyclic N) is 1. The van der Waals surface area contributed by atoms with E-state index in [1.165, 1.54) is 0 Å². The third kappa shape index (κ3) is 2.52. The highest BCUT2D eigenvalue weighted by Gasteiger charge is 2.49. The standard InChI is InChI=1S/C19H24N2O3/c1-13-3-4-16-14(9-13)10-17(24-16)18(23)21-12-15(22)11-19(21)5-7-20(2)8-6-19/h3-4,9-10,15,22H,5-8,11-12H2,1-2H3. The van der Waals surface area contributed by atoms with Crippen LogP contribution in [0.2, 0.25) is 0 Å². The number of nitrogens with zero attached hydrogens (tertiary/aromatic N) is 2. The van der Waals surface area contributed by atoms with Crippen LogP contribution in [0.15, 0.2) is 28.7 Å². The minimum Gasteiger partial charge on any atom is -0.451 e. The third-order valence-corrected chi connectivity index (χ3v) is 5.63. The van der Waals surface area contributed by atoms with Gasteiger partial charge in [-0.2, -0.15) is 0 Å². The van der Waals surface area contributed by atoms with Gasteiger partial charge in [0.25, 0.3) is 5.91 Å². The molecule has 0 aliphatic carbocycles. The first-order valence-electron chi connectivity index (χ1n) is 8.66. The van der Waals surface area contributed by atoms with Crippen LogP contribution in [0.4, 0.5) is 0 Å². The van der Waals surface area contributed by atoms with Gasteiger partial charge in [0, 0.05) is 30.6 Å². The zero-order chi connectivity index (χ0) is 16.9. The molecule has 0 bridgehead atoms. The number of benzene rings is 1. The molecule has 1 amide bonds. The summed E-state index contributed by atoms with van der Waals surface area (Å²) in [5, 5.41) is 11.2. The zero-order valence-electron chi connectivity index (χ0n) is 14.3. The number of carbonyl (C=O) groups is 1. The van der Waals surface area contributed by atoms with E-state index in [9.17, 15) is 9.90 Å². The van der Waals surface area contributed by atoms with Crippen LogP contribution >= 0.6 is 0 Å². The van der Waals surface area contributed by atoms with Gasteiger partial charge in [0.2, 0.25) is 0 Å². The Morgan fingerprint density at radius 2 is 2.04 bits per heavy atom. The van der Waals surface area contributed by atoms with Crippen LogP contribution in [-0.4, -0.2) is 59.1 Å². The maximum absolute atomic E-state index is 13.1. The van der Waals surface area contributed by atoms with Gasteiger partial charge in [0.15, 0.2) is 5.76 Å². The van der Waals surface area contributed by atoms with Crippen LogP contribution in [0.25, 0.3) is 11.0 Å². The van der Waals surface area contributed by atoms with E-state index in [1.54, 1.807) is 0 Å². The number of furan rings is 1. The van der Waals surface area contributed by atoms with E-state index < -0.39 is 6.10 Å². The van der Waals surface area contributed by atoms with Crippen LogP contribution in [0.3, 0.4) is 0 Å². The van der Waals surface area contributed by atoms with Crippen LogP contribution in [0.1, 0.15) is 35.4 Å².